The van der Waals surface area contributed by atoms with Crippen molar-refractivity contribution in [3.05, 3.63) is 83.9 Å². The van der Waals surface area contributed by atoms with Gasteiger partial charge in [0.2, 0.25) is 0 Å². The fraction of sp³-hybridized carbons (Fsp3) is 0.367. The van der Waals surface area contributed by atoms with Gasteiger partial charge in [-0.15, -0.1) is 0 Å². The first kappa shape index (κ1) is 24.2. The van der Waals surface area contributed by atoms with Crippen LogP contribution in [0.5, 0.6) is 17.2 Å². The maximum Gasteiger partial charge on any atom is 0.262 e. The number of anilines is 1. The van der Waals surface area contributed by atoms with Gasteiger partial charge in [0, 0.05) is 17.7 Å². The Morgan fingerprint density at radius 3 is 2.44 bits per heavy atom. The molecule has 1 N–H and O–H groups in total. The van der Waals surface area contributed by atoms with E-state index in [-0.39, 0.29) is 18.6 Å². The lowest BCUT2D eigenvalue weighted by atomic mass is 9.76. The molecule has 2 aliphatic rings. The van der Waals surface area contributed by atoms with Gasteiger partial charge in [-0.25, -0.2) is 0 Å². The second-order valence-corrected chi connectivity index (χ2v) is 9.77. The van der Waals surface area contributed by atoms with Gasteiger partial charge in [-0.2, -0.15) is 0 Å². The summed E-state index contributed by atoms with van der Waals surface area (Å²) in [5, 5.41) is 2.84. The standard InChI is InChI=1S/C30H33NO5/c1-20(2)26-16-23(21-6-4-3-5-7-21)18-36-30(26)22-8-11-25(12-9-22)35-19-29(32)31-24-10-13-27-28(17-24)34-15-14-33-27/h3-13,17,20,23,26,30H,14-16,18-19H2,1-2H3,(H,31,32)/t23-,26-,30-/m0/s1. The van der Waals surface area contributed by atoms with E-state index in [1.54, 1.807) is 18.2 Å². The van der Waals surface area contributed by atoms with E-state index >= 15 is 0 Å². The van der Waals surface area contributed by atoms with Gasteiger partial charge < -0.3 is 24.3 Å². The quantitative estimate of drug-likeness (QED) is 0.443. The Morgan fingerprint density at radius 1 is 0.944 bits per heavy atom. The van der Waals surface area contributed by atoms with Crippen molar-refractivity contribution in [3.8, 4) is 17.2 Å². The Hall–Kier alpha value is -3.51. The molecule has 6 heteroatoms. The molecule has 0 radical (unpaired) electrons. The molecule has 5 rings (SSSR count). The lowest BCUT2D eigenvalue weighted by Gasteiger charge is -2.39. The molecule has 1 saturated heterocycles. The predicted octanol–water partition coefficient (Wildman–Crippen LogP) is 5.99. The summed E-state index contributed by atoms with van der Waals surface area (Å²) in [6, 6.07) is 23.9. The number of ether oxygens (including phenoxy) is 4. The van der Waals surface area contributed by atoms with E-state index < -0.39 is 0 Å². The smallest absolute Gasteiger partial charge is 0.262 e. The maximum absolute atomic E-state index is 12.4. The third-order valence-corrected chi connectivity index (χ3v) is 6.95. The Balaban J connectivity index is 1.16. The lowest BCUT2D eigenvalue weighted by molar-refractivity contribution is -0.118. The summed E-state index contributed by atoms with van der Waals surface area (Å²) in [4.78, 5) is 12.4. The molecule has 36 heavy (non-hydrogen) atoms. The molecule has 0 aliphatic carbocycles. The molecule has 3 atom stereocenters. The molecule has 3 aromatic rings. The van der Waals surface area contributed by atoms with E-state index in [9.17, 15) is 4.79 Å². The third-order valence-electron chi connectivity index (χ3n) is 6.95. The van der Waals surface area contributed by atoms with Crippen LogP contribution in [0.2, 0.25) is 0 Å². The second-order valence-electron chi connectivity index (χ2n) is 9.77. The fourth-order valence-corrected chi connectivity index (χ4v) is 5.01. The van der Waals surface area contributed by atoms with Crippen LogP contribution in [0.3, 0.4) is 0 Å². The topological polar surface area (TPSA) is 66.0 Å². The van der Waals surface area contributed by atoms with Gasteiger partial charge in [-0.05, 0) is 53.6 Å². The van der Waals surface area contributed by atoms with Crippen LogP contribution in [0.1, 0.15) is 43.4 Å². The highest BCUT2D eigenvalue weighted by Gasteiger charge is 2.34. The van der Waals surface area contributed by atoms with Gasteiger partial charge in [0.15, 0.2) is 18.1 Å². The number of carbonyl (C=O) groups is 1. The fourth-order valence-electron chi connectivity index (χ4n) is 5.01. The van der Waals surface area contributed by atoms with Crippen molar-refractivity contribution in [1.29, 1.82) is 0 Å². The third kappa shape index (κ3) is 5.65. The summed E-state index contributed by atoms with van der Waals surface area (Å²) < 4.78 is 23.2. The van der Waals surface area contributed by atoms with Gasteiger partial charge in [0.25, 0.3) is 5.91 Å². The van der Waals surface area contributed by atoms with E-state index in [4.69, 9.17) is 18.9 Å². The number of benzene rings is 3. The maximum atomic E-state index is 12.4. The van der Waals surface area contributed by atoms with Crippen molar-refractivity contribution in [1.82, 2.24) is 0 Å². The van der Waals surface area contributed by atoms with Crippen molar-refractivity contribution in [2.45, 2.75) is 32.3 Å². The average molecular weight is 488 g/mol. The zero-order valence-electron chi connectivity index (χ0n) is 20.8. The molecule has 0 unspecified atom stereocenters. The summed E-state index contributed by atoms with van der Waals surface area (Å²) >= 11 is 0. The molecule has 188 valence electrons. The highest BCUT2D eigenvalue weighted by atomic mass is 16.6. The van der Waals surface area contributed by atoms with Crippen LogP contribution in [0.25, 0.3) is 0 Å². The zero-order chi connectivity index (χ0) is 24.9. The van der Waals surface area contributed by atoms with E-state index in [2.05, 4.69) is 61.6 Å². The minimum absolute atomic E-state index is 0.0533. The van der Waals surface area contributed by atoms with Crippen LogP contribution in [0, 0.1) is 11.8 Å². The molecular weight excluding hydrogens is 454 g/mol. The van der Waals surface area contributed by atoms with E-state index in [0.717, 1.165) is 18.6 Å². The molecule has 1 amide bonds. The molecule has 2 heterocycles. The highest BCUT2D eigenvalue weighted by Crippen LogP contribution is 2.43. The van der Waals surface area contributed by atoms with E-state index in [1.165, 1.54) is 5.56 Å². The number of carbonyl (C=O) groups excluding carboxylic acids is 1. The first-order valence-corrected chi connectivity index (χ1v) is 12.7. The normalized spacial score (nSPS) is 21.1. The molecule has 6 nitrogen and oxygen atoms in total. The van der Waals surface area contributed by atoms with Gasteiger partial charge in [0.05, 0.1) is 12.7 Å². The average Bonchev–Trinajstić information content (AvgIpc) is 2.92. The molecule has 3 aromatic carbocycles. The number of hydrogen-bond acceptors (Lipinski definition) is 5. The minimum atomic E-state index is -0.238. The van der Waals surface area contributed by atoms with Crippen molar-refractivity contribution in [2.24, 2.45) is 11.8 Å². The van der Waals surface area contributed by atoms with Crippen LogP contribution >= 0.6 is 0 Å². The number of amides is 1. The number of rotatable bonds is 7. The number of fused-ring (bicyclic) bond motifs is 1. The monoisotopic (exact) mass is 487 g/mol. The molecule has 0 aromatic heterocycles. The lowest BCUT2D eigenvalue weighted by Crippen LogP contribution is -2.31. The Kier molecular flexibility index (Phi) is 7.42. The van der Waals surface area contributed by atoms with Crippen LogP contribution < -0.4 is 19.5 Å². The summed E-state index contributed by atoms with van der Waals surface area (Å²) in [6.45, 7) is 6.21. The molecule has 0 spiro atoms. The van der Waals surface area contributed by atoms with Crippen molar-refractivity contribution in [2.75, 3.05) is 31.7 Å². The molecular formula is C30H33NO5. The summed E-state index contributed by atoms with van der Waals surface area (Å²) in [7, 11) is 0. The molecule has 0 bridgehead atoms. The summed E-state index contributed by atoms with van der Waals surface area (Å²) in [5.74, 6) is 3.08. The van der Waals surface area contributed by atoms with Crippen LogP contribution in [0.15, 0.2) is 72.8 Å². The van der Waals surface area contributed by atoms with E-state index in [1.807, 2.05) is 12.1 Å². The summed E-state index contributed by atoms with van der Waals surface area (Å²) in [5.41, 5.74) is 3.14. The van der Waals surface area contributed by atoms with Crippen LogP contribution in [0.4, 0.5) is 5.69 Å². The predicted molar refractivity (Wildman–Crippen MR) is 139 cm³/mol. The Labute approximate surface area is 212 Å². The Bertz CT molecular complexity index is 1160. The van der Waals surface area contributed by atoms with Crippen molar-refractivity contribution in [3.63, 3.8) is 0 Å². The number of nitrogens with one attached hydrogen (secondary N) is 1. The van der Waals surface area contributed by atoms with Gasteiger partial charge >= 0.3 is 0 Å². The molecule has 1 fully saturated rings. The first-order valence-electron chi connectivity index (χ1n) is 12.7. The van der Waals surface area contributed by atoms with Gasteiger partial charge in [-0.1, -0.05) is 56.3 Å². The van der Waals surface area contributed by atoms with Crippen molar-refractivity contribution >= 4 is 11.6 Å². The zero-order valence-corrected chi connectivity index (χ0v) is 20.8. The van der Waals surface area contributed by atoms with Crippen LogP contribution in [-0.4, -0.2) is 32.3 Å². The SMILES string of the molecule is CC(C)[C@@H]1C[C@H](c2ccccc2)CO[C@H]1c1ccc(OCC(=O)Nc2ccc3c(c2)OCCO3)cc1. The first-order chi connectivity index (χ1) is 17.6. The van der Waals surface area contributed by atoms with Gasteiger partial charge in [0.1, 0.15) is 19.0 Å². The van der Waals surface area contributed by atoms with Crippen LogP contribution in [-0.2, 0) is 9.53 Å². The Morgan fingerprint density at radius 2 is 1.69 bits per heavy atom. The summed E-state index contributed by atoms with van der Waals surface area (Å²) in [6.07, 6.45) is 1.16. The largest absolute Gasteiger partial charge is 0.486 e. The second kappa shape index (κ2) is 11.0. The highest BCUT2D eigenvalue weighted by molar-refractivity contribution is 5.92. The van der Waals surface area contributed by atoms with Crippen molar-refractivity contribution < 1.29 is 23.7 Å². The molecule has 0 saturated carbocycles. The molecule has 2 aliphatic heterocycles. The van der Waals surface area contributed by atoms with E-state index in [0.29, 0.717) is 53.9 Å². The number of hydrogen-bond donors (Lipinski definition) is 1. The minimum Gasteiger partial charge on any atom is -0.486 e. The van der Waals surface area contributed by atoms with Gasteiger partial charge in [-0.3, -0.25) is 4.79 Å².